The predicted octanol–water partition coefficient (Wildman–Crippen LogP) is 13.2. The monoisotopic (exact) mass is 1550 g/mol. The number of hydrogen-bond donors (Lipinski definition) is 6. The molecule has 11 heterocycles. The van der Waals surface area contributed by atoms with Crippen molar-refractivity contribution in [2.24, 2.45) is 22.9 Å². The van der Waals surface area contributed by atoms with E-state index in [0.717, 1.165) is 172 Å². The Hall–Kier alpha value is -8.14. The van der Waals surface area contributed by atoms with Crippen molar-refractivity contribution in [3.05, 3.63) is 209 Å². The van der Waals surface area contributed by atoms with Crippen LogP contribution in [0.5, 0.6) is 0 Å². The van der Waals surface area contributed by atoms with Crippen LogP contribution in [0.4, 0.5) is 23.3 Å². The number of hydrogen-bond acceptors (Lipinski definition) is 17. The molecule has 4 aromatic carbocycles. The maximum absolute atomic E-state index is 11.8. The molecule has 22 nitrogen and oxygen atoms in total. The molecule has 8 aromatic heterocycles. The van der Waals surface area contributed by atoms with E-state index in [1.165, 1.54) is 0 Å². The minimum atomic E-state index is -0.297. The lowest BCUT2D eigenvalue weighted by molar-refractivity contribution is -0.141. The highest BCUT2D eigenvalue weighted by Gasteiger charge is 2.24. The third kappa shape index (κ3) is 16.8. The lowest BCUT2D eigenvalue weighted by Gasteiger charge is -2.28. The first-order valence-electron chi connectivity index (χ1n) is 33.1. The average molecular weight is 1550 g/mol. The van der Waals surface area contributed by atoms with E-state index in [0.29, 0.717) is 86.1 Å². The highest BCUT2D eigenvalue weighted by molar-refractivity contribution is 6.38. The number of nitrogens with zero attached hydrogens (tertiary/aromatic N) is 12. The number of morpholine rings is 1. The van der Waals surface area contributed by atoms with Gasteiger partial charge in [-0.05, 0) is 102 Å². The fourth-order valence-electron chi connectivity index (χ4n) is 12.7. The van der Waals surface area contributed by atoms with Gasteiger partial charge in [0.25, 0.3) is 0 Å². The highest BCUT2D eigenvalue weighted by atomic mass is 35.5. The Morgan fingerprint density at radius 1 is 0.476 bits per heavy atom. The van der Waals surface area contributed by atoms with Gasteiger partial charge in [0.05, 0.1) is 51.2 Å². The molecule has 30 heteroatoms. The van der Waals surface area contributed by atoms with Crippen LogP contribution in [0.3, 0.4) is 0 Å². The van der Waals surface area contributed by atoms with Gasteiger partial charge in [0.15, 0.2) is 0 Å². The number of benzene rings is 4. The molecule has 3 aliphatic rings. The van der Waals surface area contributed by atoms with Crippen LogP contribution in [0, 0.1) is 0 Å². The molecule has 3 saturated heterocycles. The number of fused-ring (bicyclic) bond motifs is 4. The maximum atomic E-state index is 11.8. The topological polar surface area (TPSA) is 263 Å². The summed E-state index contributed by atoms with van der Waals surface area (Å²) in [6.45, 7) is 12.5. The third-order valence-corrected chi connectivity index (χ3v) is 20.0. The van der Waals surface area contributed by atoms with E-state index < -0.39 is 0 Å². The standard InChI is InChI=1S/C19H20Cl2N4O2.C18H17Cl2N5O.C18H19Cl2N5.C18H18Cl2N4O/c1-3-27-19(26)11-24(2)18-9-23-17-6-12(8-22)15(10-25(17)18)14-5-4-13(20)7-16(14)21;19-12-1-2-13(15(20)6-12)14-9-25-16(5-11(14)7-21)23-8-18(25)24-4-3-22-17(26)10-24;19-13-1-2-14(16(20)8-13)15-11-25-17(7-12(15)9-21)23-10-18(25)24-5-3-22-4-6-24;19-13-1-2-14(16(20)8-13)15-11-24-17(7-12(15)9-21)22-10-18(24)23-3-5-25-6-4-23/h4-7,9-10H,3,8,11,22H2,1-2H3;1-2,5-6,8-9H,3-4,7,10,21H2,(H,22,26);1-2,7-8,10-11,22H,3-6,9,21H2;1-2,7-8,10-11H,3-6,9,21H2. The Kier molecular flexibility index (Phi) is 24.4. The van der Waals surface area contributed by atoms with E-state index >= 15 is 0 Å². The van der Waals surface area contributed by atoms with Gasteiger partial charge in [-0.3, -0.25) is 27.2 Å². The lowest BCUT2D eigenvalue weighted by atomic mass is 10.0. The molecule has 3 fully saturated rings. The van der Waals surface area contributed by atoms with E-state index in [9.17, 15) is 9.59 Å². The zero-order valence-corrected chi connectivity index (χ0v) is 62.3. The summed E-state index contributed by atoms with van der Waals surface area (Å²) < 4.78 is 18.5. The fraction of sp³-hybridized carbons (Fsp3) is 0.260. The Morgan fingerprint density at radius 2 is 0.825 bits per heavy atom. The van der Waals surface area contributed by atoms with Crippen molar-refractivity contribution in [2.75, 3.05) is 112 Å². The Balaban J connectivity index is 0.000000129. The number of ether oxygens (including phenoxy) is 2. The smallest absolute Gasteiger partial charge is 0.325 e. The second-order valence-electron chi connectivity index (χ2n) is 24.3. The minimum Gasteiger partial charge on any atom is -0.465 e. The number of piperazine rings is 2. The summed E-state index contributed by atoms with van der Waals surface area (Å²) >= 11 is 49.8. The number of halogens is 8. The summed E-state index contributed by atoms with van der Waals surface area (Å²) in [4.78, 5) is 50.0. The van der Waals surface area contributed by atoms with Gasteiger partial charge < -0.3 is 62.6 Å². The molecule has 0 radical (unpaired) electrons. The SMILES string of the molecule is CCOC(=O)CN(C)c1cnc2cc(CN)c(-c3ccc(Cl)cc3Cl)cn12.NCc1cc2ncc(N3CCNC(=O)C3)n2cc1-c1ccc(Cl)cc1Cl.NCc1cc2ncc(N3CCNCC3)n2cc1-c1ccc(Cl)cc1Cl.NCc1cc2ncc(N3CCOCC3)n2cc1-c1ccc(Cl)cc1Cl. The van der Waals surface area contributed by atoms with Crippen molar-refractivity contribution < 1.29 is 19.1 Å². The van der Waals surface area contributed by atoms with Gasteiger partial charge in [0, 0.05) is 195 Å². The number of esters is 1. The van der Waals surface area contributed by atoms with Gasteiger partial charge in [-0.2, -0.15) is 0 Å². The fourth-order valence-corrected chi connectivity index (χ4v) is 14.7. The summed E-state index contributed by atoms with van der Waals surface area (Å²) in [5, 5.41) is 10.9. The molecule has 10 N–H and O–H groups in total. The van der Waals surface area contributed by atoms with Crippen LogP contribution in [0.1, 0.15) is 29.2 Å². The number of aromatic nitrogens is 8. The molecule has 3 aliphatic heterocycles. The van der Waals surface area contributed by atoms with E-state index in [2.05, 4.69) is 61.6 Å². The van der Waals surface area contributed by atoms with Crippen LogP contribution >= 0.6 is 92.8 Å². The molecule has 0 bridgehead atoms. The number of nitrogens with one attached hydrogen (secondary N) is 2. The average Bonchev–Trinajstić information content (AvgIpc) is 1.72. The maximum Gasteiger partial charge on any atom is 0.325 e. The molecule has 12 aromatic rings. The number of amides is 1. The van der Waals surface area contributed by atoms with Gasteiger partial charge in [0.1, 0.15) is 52.4 Å². The van der Waals surface area contributed by atoms with Crippen molar-refractivity contribution in [3.63, 3.8) is 0 Å². The summed E-state index contributed by atoms with van der Waals surface area (Å²) in [5.41, 5.74) is 38.3. The minimum absolute atomic E-state index is 0.00532. The molecule has 0 atom stereocenters. The van der Waals surface area contributed by atoms with Crippen LogP contribution in [-0.4, -0.2) is 142 Å². The van der Waals surface area contributed by atoms with Crippen LogP contribution in [0.2, 0.25) is 40.2 Å². The van der Waals surface area contributed by atoms with Crippen molar-refractivity contribution >= 4 is 151 Å². The summed E-state index contributed by atoms with van der Waals surface area (Å²) in [6, 6.07) is 29.7. The summed E-state index contributed by atoms with van der Waals surface area (Å²) in [6.07, 6.45) is 15.4. The molecular formula is C73H74Cl8N18O4. The van der Waals surface area contributed by atoms with Crippen LogP contribution in [0.15, 0.2) is 147 Å². The largest absolute Gasteiger partial charge is 0.465 e. The second-order valence-corrected chi connectivity index (χ2v) is 27.7. The van der Waals surface area contributed by atoms with E-state index in [-0.39, 0.29) is 18.4 Å². The van der Waals surface area contributed by atoms with Crippen molar-refractivity contribution in [1.29, 1.82) is 0 Å². The molecule has 0 unspecified atom stereocenters. The van der Waals surface area contributed by atoms with E-state index in [1.54, 1.807) is 60.6 Å². The zero-order chi connectivity index (χ0) is 72.6. The number of pyridine rings is 4. The van der Waals surface area contributed by atoms with Crippen molar-refractivity contribution in [1.82, 2.24) is 48.2 Å². The number of anilines is 4. The summed E-state index contributed by atoms with van der Waals surface area (Å²) in [7, 11) is 1.81. The quantitative estimate of drug-likeness (QED) is 0.0521. The number of carbonyl (C=O) groups excluding carboxylic acids is 2. The second kappa shape index (κ2) is 33.7. The lowest BCUT2D eigenvalue weighted by Crippen LogP contribution is -2.48. The van der Waals surface area contributed by atoms with Gasteiger partial charge in [-0.15, -0.1) is 0 Å². The third-order valence-electron chi connectivity index (χ3n) is 17.8. The first-order chi connectivity index (χ1) is 49.8. The Morgan fingerprint density at radius 3 is 1.19 bits per heavy atom. The highest BCUT2D eigenvalue weighted by Crippen LogP contribution is 2.39. The first-order valence-corrected chi connectivity index (χ1v) is 36.2. The molecule has 0 aliphatic carbocycles. The Bertz CT molecular complexity index is 4920. The molecule has 103 heavy (non-hydrogen) atoms. The molecular weight excluding hydrogens is 1480 g/mol. The summed E-state index contributed by atoms with van der Waals surface area (Å²) in [5.74, 6) is 3.47. The number of carbonyl (C=O) groups is 2. The zero-order valence-electron chi connectivity index (χ0n) is 56.2. The number of rotatable bonds is 15. The Labute approximate surface area is 634 Å². The van der Waals surface area contributed by atoms with Crippen LogP contribution in [0.25, 0.3) is 67.1 Å². The van der Waals surface area contributed by atoms with Crippen LogP contribution in [-0.2, 0) is 45.2 Å². The molecule has 0 spiro atoms. The number of likely N-dealkylation sites (N-methyl/N-ethyl adjacent to an activating group) is 1. The van der Waals surface area contributed by atoms with E-state index in [4.69, 9.17) is 125 Å². The number of nitrogens with two attached hydrogens (primary N) is 4. The first kappa shape index (κ1) is 74.6. The van der Waals surface area contributed by atoms with Gasteiger partial charge in [-0.1, -0.05) is 117 Å². The number of imidazole rings is 4. The van der Waals surface area contributed by atoms with Crippen molar-refractivity contribution in [3.8, 4) is 44.5 Å². The molecule has 15 rings (SSSR count). The molecule has 0 saturated carbocycles. The predicted molar refractivity (Wildman–Crippen MR) is 417 cm³/mol. The van der Waals surface area contributed by atoms with Gasteiger partial charge in [0.2, 0.25) is 5.91 Å². The van der Waals surface area contributed by atoms with Crippen molar-refractivity contribution in [2.45, 2.75) is 33.1 Å². The van der Waals surface area contributed by atoms with Gasteiger partial charge in [-0.25, -0.2) is 19.9 Å². The van der Waals surface area contributed by atoms with Gasteiger partial charge >= 0.3 is 5.97 Å². The molecule has 1 amide bonds. The normalized spacial score (nSPS) is 13.9. The van der Waals surface area contributed by atoms with Crippen LogP contribution < -0.4 is 53.2 Å². The van der Waals surface area contributed by atoms with E-state index in [1.807, 2.05) is 106 Å². The molecule has 536 valence electrons.